The molecule has 3 aromatic rings. The maximum absolute atomic E-state index is 13.3. The van der Waals surface area contributed by atoms with Crippen molar-refractivity contribution in [2.45, 2.75) is 13.5 Å². The molecule has 1 aromatic heterocycles. The summed E-state index contributed by atoms with van der Waals surface area (Å²) in [7, 11) is 0. The molecule has 0 bridgehead atoms. The predicted octanol–water partition coefficient (Wildman–Crippen LogP) is 2.56. The Kier molecular flexibility index (Phi) is 7.57. The quantitative estimate of drug-likeness (QED) is 0.378. The zero-order valence-corrected chi connectivity index (χ0v) is 18.5. The largest absolute Gasteiger partial charge is 0.460 e. The smallest absolute Gasteiger partial charge is 0.378 e. The van der Waals surface area contributed by atoms with Crippen LogP contribution < -0.4 is 11.1 Å². The number of aromatic nitrogens is 3. The first-order valence-corrected chi connectivity index (χ1v) is 10.3. The summed E-state index contributed by atoms with van der Waals surface area (Å²) in [5.74, 6) is -1.62. The minimum absolute atomic E-state index is 0.0925. The summed E-state index contributed by atoms with van der Waals surface area (Å²) < 4.78 is 6.25. The monoisotopic (exact) mass is 475 g/mol. The predicted molar refractivity (Wildman–Crippen MR) is 118 cm³/mol. The Bertz CT molecular complexity index is 1180. The topological polar surface area (TPSA) is 129 Å². The van der Waals surface area contributed by atoms with Crippen molar-refractivity contribution in [3.63, 3.8) is 0 Å². The number of benzene rings is 2. The number of hydrogen-bond donors (Lipinski definition) is 2. The van der Waals surface area contributed by atoms with Crippen LogP contribution in [0.4, 0.5) is 0 Å². The Morgan fingerprint density at radius 1 is 1.12 bits per heavy atom. The normalized spacial score (nSPS) is 10.6. The Morgan fingerprint density at radius 3 is 2.56 bits per heavy atom. The second kappa shape index (κ2) is 10.4. The third-order valence-corrected chi connectivity index (χ3v) is 4.88. The number of halogens is 2. The lowest BCUT2D eigenvalue weighted by Gasteiger charge is -2.12. The van der Waals surface area contributed by atoms with E-state index in [0.29, 0.717) is 10.7 Å². The van der Waals surface area contributed by atoms with Crippen molar-refractivity contribution in [1.29, 1.82) is 0 Å². The second-order valence-electron chi connectivity index (χ2n) is 6.44. The molecular weight excluding hydrogens is 457 g/mol. The van der Waals surface area contributed by atoms with Crippen molar-refractivity contribution in [3.05, 3.63) is 75.3 Å². The van der Waals surface area contributed by atoms with Crippen molar-refractivity contribution in [2.75, 3.05) is 13.2 Å². The fourth-order valence-electron chi connectivity index (χ4n) is 2.85. The van der Waals surface area contributed by atoms with Crippen molar-refractivity contribution in [3.8, 4) is 5.69 Å². The molecule has 0 saturated carbocycles. The molecule has 1 amide bonds. The van der Waals surface area contributed by atoms with Crippen LogP contribution in [0.3, 0.4) is 0 Å². The summed E-state index contributed by atoms with van der Waals surface area (Å²) in [6, 6.07) is 11.2. The molecular formula is C21H19Cl2N5O4. The molecule has 0 atom stereocenters. The summed E-state index contributed by atoms with van der Waals surface area (Å²) in [6.45, 7) is 1.46. The highest BCUT2D eigenvalue weighted by atomic mass is 35.5. The van der Waals surface area contributed by atoms with Crippen molar-refractivity contribution in [2.24, 2.45) is 5.73 Å². The standard InChI is InChI=1S/C21H19Cl2N5O4/c1-2-32-21(31)20-26-17(11-25-18(29)10-24)28(27-20)16-8-7-12(22)9-14(16)19(30)13-5-3-4-6-15(13)23/h3-9H,2,10-11,24H2,1H3,(H,25,29). The van der Waals surface area contributed by atoms with Crippen LogP contribution >= 0.6 is 23.2 Å². The summed E-state index contributed by atoms with van der Waals surface area (Å²) in [5.41, 5.74) is 6.07. The van der Waals surface area contributed by atoms with Gasteiger partial charge >= 0.3 is 5.97 Å². The lowest BCUT2D eigenvalue weighted by Crippen LogP contribution is -2.30. The zero-order chi connectivity index (χ0) is 23.3. The van der Waals surface area contributed by atoms with Gasteiger partial charge < -0.3 is 15.8 Å². The maximum atomic E-state index is 13.3. The molecule has 0 saturated heterocycles. The highest BCUT2D eigenvalue weighted by Gasteiger charge is 2.24. The van der Waals surface area contributed by atoms with E-state index in [-0.39, 0.29) is 47.5 Å². The molecule has 0 spiro atoms. The average molecular weight is 476 g/mol. The Hall–Kier alpha value is -3.27. The summed E-state index contributed by atoms with van der Waals surface area (Å²) in [4.78, 5) is 41.3. The lowest BCUT2D eigenvalue weighted by molar-refractivity contribution is -0.119. The van der Waals surface area contributed by atoms with E-state index >= 15 is 0 Å². The lowest BCUT2D eigenvalue weighted by atomic mass is 10.0. The van der Waals surface area contributed by atoms with Gasteiger partial charge in [-0.3, -0.25) is 9.59 Å². The van der Waals surface area contributed by atoms with Crippen LogP contribution in [0, 0.1) is 0 Å². The first-order chi connectivity index (χ1) is 15.3. The molecule has 0 radical (unpaired) electrons. The fourth-order valence-corrected chi connectivity index (χ4v) is 3.24. The van der Waals surface area contributed by atoms with E-state index < -0.39 is 17.7 Å². The first kappa shape index (κ1) is 23.4. The van der Waals surface area contributed by atoms with E-state index in [0.717, 1.165) is 0 Å². The van der Waals surface area contributed by atoms with Gasteiger partial charge in [0.2, 0.25) is 5.91 Å². The van der Waals surface area contributed by atoms with E-state index in [2.05, 4.69) is 15.4 Å². The van der Waals surface area contributed by atoms with Gasteiger partial charge in [0.25, 0.3) is 5.82 Å². The van der Waals surface area contributed by atoms with Gasteiger partial charge in [-0.25, -0.2) is 14.5 Å². The number of nitrogens with two attached hydrogens (primary N) is 1. The Balaban J connectivity index is 2.13. The number of nitrogens with one attached hydrogen (secondary N) is 1. The van der Waals surface area contributed by atoms with Gasteiger partial charge in [0.15, 0.2) is 11.6 Å². The van der Waals surface area contributed by atoms with E-state index in [1.54, 1.807) is 43.3 Å². The van der Waals surface area contributed by atoms with Gasteiger partial charge in [-0.1, -0.05) is 35.3 Å². The molecule has 166 valence electrons. The van der Waals surface area contributed by atoms with Gasteiger partial charge in [0, 0.05) is 16.1 Å². The van der Waals surface area contributed by atoms with Gasteiger partial charge in [-0.2, -0.15) is 0 Å². The maximum Gasteiger partial charge on any atom is 0.378 e. The molecule has 0 unspecified atom stereocenters. The van der Waals surface area contributed by atoms with Crippen LogP contribution in [0.1, 0.15) is 39.3 Å². The highest BCUT2D eigenvalue weighted by Crippen LogP contribution is 2.26. The van der Waals surface area contributed by atoms with Crippen LogP contribution in [0.25, 0.3) is 5.69 Å². The molecule has 0 aliphatic carbocycles. The number of ketones is 1. The van der Waals surface area contributed by atoms with Crippen LogP contribution in [0.2, 0.25) is 10.0 Å². The van der Waals surface area contributed by atoms with E-state index in [1.807, 2.05) is 0 Å². The second-order valence-corrected chi connectivity index (χ2v) is 7.28. The SMILES string of the molecule is CCOC(=O)c1nc(CNC(=O)CN)n(-c2ccc(Cl)cc2C(=O)c2ccccc2Cl)n1. The Labute approximate surface area is 193 Å². The van der Waals surface area contributed by atoms with E-state index in [9.17, 15) is 14.4 Å². The van der Waals surface area contributed by atoms with Crippen molar-refractivity contribution < 1.29 is 19.1 Å². The van der Waals surface area contributed by atoms with Gasteiger partial charge in [0.1, 0.15) is 0 Å². The average Bonchev–Trinajstić information content (AvgIpc) is 3.21. The van der Waals surface area contributed by atoms with E-state index in [4.69, 9.17) is 33.7 Å². The first-order valence-electron chi connectivity index (χ1n) is 9.54. The van der Waals surface area contributed by atoms with Crippen molar-refractivity contribution >= 4 is 40.9 Å². The van der Waals surface area contributed by atoms with Gasteiger partial charge in [0.05, 0.1) is 30.4 Å². The molecule has 3 rings (SSSR count). The minimum Gasteiger partial charge on any atom is -0.460 e. The number of carbonyl (C=O) groups excluding carboxylic acids is 3. The molecule has 0 fully saturated rings. The third kappa shape index (κ3) is 5.13. The molecule has 3 N–H and O–H groups in total. The van der Waals surface area contributed by atoms with Crippen LogP contribution in [0.15, 0.2) is 42.5 Å². The summed E-state index contributed by atoms with van der Waals surface area (Å²) in [5, 5.41) is 7.37. The van der Waals surface area contributed by atoms with Crippen molar-refractivity contribution in [1.82, 2.24) is 20.1 Å². The fraction of sp³-hybridized carbons (Fsp3) is 0.190. The van der Waals surface area contributed by atoms with Crippen LogP contribution in [0.5, 0.6) is 0 Å². The zero-order valence-electron chi connectivity index (χ0n) is 17.0. The summed E-state index contributed by atoms with van der Waals surface area (Å²) >= 11 is 12.4. The number of amides is 1. The van der Waals surface area contributed by atoms with Crippen LogP contribution in [-0.2, 0) is 16.1 Å². The Morgan fingerprint density at radius 2 is 1.88 bits per heavy atom. The number of ether oxygens (including phenoxy) is 1. The molecule has 2 aromatic carbocycles. The molecule has 0 aliphatic heterocycles. The number of hydrogen-bond acceptors (Lipinski definition) is 7. The van der Waals surface area contributed by atoms with E-state index in [1.165, 1.54) is 10.7 Å². The van der Waals surface area contributed by atoms with Gasteiger partial charge in [-0.15, -0.1) is 5.10 Å². The summed E-state index contributed by atoms with van der Waals surface area (Å²) in [6.07, 6.45) is 0. The number of esters is 1. The number of rotatable bonds is 8. The minimum atomic E-state index is -0.745. The highest BCUT2D eigenvalue weighted by molar-refractivity contribution is 6.35. The van der Waals surface area contributed by atoms with Gasteiger partial charge in [-0.05, 0) is 37.3 Å². The number of nitrogens with zero attached hydrogens (tertiary/aromatic N) is 3. The molecule has 11 heteroatoms. The third-order valence-electron chi connectivity index (χ3n) is 4.31. The molecule has 32 heavy (non-hydrogen) atoms. The molecule has 0 aliphatic rings. The molecule has 9 nitrogen and oxygen atoms in total. The number of carbonyl (C=O) groups is 3. The molecule has 1 heterocycles. The van der Waals surface area contributed by atoms with Crippen LogP contribution in [-0.4, -0.2) is 45.6 Å².